The molecule has 0 aromatic heterocycles. The molecule has 1 saturated heterocycles. The zero-order chi connectivity index (χ0) is 36.8. The van der Waals surface area contributed by atoms with E-state index < -0.39 is 39.5 Å². The van der Waals surface area contributed by atoms with Crippen molar-refractivity contribution >= 4 is 61.3 Å². The number of hydrogen-bond donors (Lipinski definition) is 2. The van der Waals surface area contributed by atoms with Gasteiger partial charge in [0, 0.05) is 35.2 Å². The molecule has 11 nitrogen and oxygen atoms in total. The maximum absolute atomic E-state index is 14.1. The first kappa shape index (κ1) is 34.5. The van der Waals surface area contributed by atoms with Crippen LogP contribution in [0.4, 0.5) is 35.9 Å². The highest BCUT2D eigenvalue weighted by Gasteiger charge is 2.37. The second-order valence-corrected chi connectivity index (χ2v) is 13.6. The summed E-state index contributed by atoms with van der Waals surface area (Å²) in [6, 6.07) is 22.0. The Labute approximate surface area is 295 Å². The van der Waals surface area contributed by atoms with Crippen LogP contribution in [0.2, 0.25) is 0 Å². The topological polar surface area (TPSA) is 134 Å². The molecule has 52 heavy (non-hydrogen) atoms. The summed E-state index contributed by atoms with van der Waals surface area (Å²) < 4.78 is 80.9. The lowest BCUT2D eigenvalue weighted by atomic mass is 9.90. The molecule has 2 heterocycles. The molecule has 15 heteroatoms. The number of imide groups is 1. The fraction of sp³-hybridized carbons (Fsp3) is 0.162. The average molecular weight is 731 g/mol. The van der Waals surface area contributed by atoms with Crippen LogP contribution in [-0.4, -0.2) is 59.6 Å². The molecular weight excluding hydrogens is 701 g/mol. The molecule has 5 aromatic carbocycles. The summed E-state index contributed by atoms with van der Waals surface area (Å²) in [5, 5.41) is 3.25. The van der Waals surface area contributed by atoms with Gasteiger partial charge in [-0.25, -0.2) is 13.3 Å². The number of amides is 3. The van der Waals surface area contributed by atoms with Crippen LogP contribution in [0.3, 0.4) is 0 Å². The minimum atomic E-state index is -4.70. The maximum Gasteiger partial charge on any atom is 0.416 e. The van der Waals surface area contributed by atoms with Gasteiger partial charge in [-0.2, -0.15) is 13.2 Å². The van der Waals surface area contributed by atoms with E-state index in [1.807, 2.05) is 4.90 Å². The van der Waals surface area contributed by atoms with Gasteiger partial charge in [0.15, 0.2) is 0 Å². The van der Waals surface area contributed by atoms with E-state index in [4.69, 9.17) is 9.47 Å². The molecule has 0 aliphatic carbocycles. The van der Waals surface area contributed by atoms with Crippen molar-refractivity contribution in [2.45, 2.75) is 11.1 Å². The van der Waals surface area contributed by atoms with Crippen LogP contribution in [0, 0.1) is 0 Å². The van der Waals surface area contributed by atoms with Gasteiger partial charge in [0.25, 0.3) is 27.7 Å². The van der Waals surface area contributed by atoms with E-state index in [-0.39, 0.29) is 49.4 Å². The van der Waals surface area contributed by atoms with Crippen LogP contribution < -0.4 is 24.6 Å². The van der Waals surface area contributed by atoms with Gasteiger partial charge in [0.1, 0.15) is 5.75 Å². The molecule has 5 aromatic rings. The molecule has 7 rings (SSSR count). The van der Waals surface area contributed by atoms with Crippen molar-refractivity contribution in [1.82, 2.24) is 0 Å². The van der Waals surface area contributed by atoms with Gasteiger partial charge in [-0.15, -0.1) is 0 Å². The average Bonchev–Trinajstić information content (AvgIpc) is 3.14. The third kappa shape index (κ3) is 6.28. The number of nitrogens with one attached hydrogen (secondary N) is 2. The number of ether oxygens (including phenoxy) is 2. The van der Waals surface area contributed by atoms with Crippen LogP contribution in [0.15, 0.2) is 102 Å². The van der Waals surface area contributed by atoms with E-state index in [0.717, 1.165) is 18.2 Å². The van der Waals surface area contributed by atoms with Gasteiger partial charge in [0.05, 0.1) is 53.5 Å². The molecule has 0 spiro atoms. The molecule has 266 valence electrons. The quantitative estimate of drug-likeness (QED) is 0.172. The first-order chi connectivity index (χ1) is 24.9. The van der Waals surface area contributed by atoms with E-state index in [9.17, 15) is 36.0 Å². The predicted molar refractivity (Wildman–Crippen MR) is 188 cm³/mol. The summed E-state index contributed by atoms with van der Waals surface area (Å²) in [7, 11) is -2.76. The largest absolute Gasteiger partial charge is 0.495 e. The number of para-hydroxylation sites is 2. The lowest BCUT2D eigenvalue weighted by molar-refractivity contribution is -0.137. The first-order valence-corrected chi connectivity index (χ1v) is 17.4. The second-order valence-electron chi connectivity index (χ2n) is 11.9. The van der Waals surface area contributed by atoms with Gasteiger partial charge < -0.3 is 19.7 Å². The number of methoxy groups -OCH3 is 1. The number of alkyl halides is 3. The van der Waals surface area contributed by atoms with Crippen LogP contribution in [0.25, 0.3) is 10.8 Å². The van der Waals surface area contributed by atoms with Gasteiger partial charge in [-0.3, -0.25) is 19.1 Å². The zero-order valence-electron chi connectivity index (χ0n) is 27.4. The number of benzene rings is 5. The summed E-state index contributed by atoms with van der Waals surface area (Å²) in [5.74, 6) is -2.06. The number of carbonyl (C=O) groups excluding carboxylic acids is 3. The third-order valence-electron chi connectivity index (χ3n) is 8.81. The lowest BCUT2D eigenvalue weighted by Gasteiger charge is -2.31. The van der Waals surface area contributed by atoms with Crippen LogP contribution in [0.1, 0.15) is 36.6 Å². The van der Waals surface area contributed by atoms with E-state index >= 15 is 0 Å². The second kappa shape index (κ2) is 13.3. The minimum Gasteiger partial charge on any atom is -0.495 e. The number of carbonyl (C=O) groups is 3. The van der Waals surface area contributed by atoms with Gasteiger partial charge >= 0.3 is 6.18 Å². The molecule has 1 fully saturated rings. The Morgan fingerprint density at radius 2 is 1.54 bits per heavy atom. The van der Waals surface area contributed by atoms with Crippen molar-refractivity contribution in [3.63, 3.8) is 0 Å². The Morgan fingerprint density at radius 3 is 2.27 bits per heavy atom. The number of hydrogen-bond acceptors (Lipinski definition) is 8. The number of anilines is 4. The highest BCUT2D eigenvalue weighted by Crippen LogP contribution is 2.38. The van der Waals surface area contributed by atoms with Gasteiger partial charge in [-0.05, 0) is 72.1 Å². The Hall–Kier alpha value is -5.93. The van der Waals surface area contributed by atoms with Crippen LogP contribution in [-0.2, 0) is 20.9 Å². The molecule has 0 saturated carbocycles. The fourth-order valence-corrected chi connectivity index (χ4v) is 7.43. The monoisotopic (exact) mass is 730 g/mol. The number of sulfonamides is 1. The molecule has 0 bridgehead atoms. The summed E-state index contributed by atoms with van der Waals surface area (Å²) in [6.45, 7) is 1.78. The zero-order valence-corrected chi connectivity index (χ0v) is 28.2. The molecule has 3 amide bonds. The lowest BCUT2D eigenvalue weighted by Crippen LogP contribution is -2.40. The van der Waals surface area contributed by atoms with E-state index in [2.05, 4.69) is 10.0 Å². The Morgan fingerprint density at radius 1 is 0.827 bits per heavy atom. The Kier molecular flexibility index (Phi) is 8.84. The van der Waals surface area contributed by atoms with Crippen molar-refractivity contribution in [2.24, 2.45) is 0 Å². The standard InChI is InChI=1S/C37H29F3N4O7S/c1-50-32-11-3-2-10-29(32)42-52(48,49)24-12-15-31(43-16-18-51-19-17-43)30(21-24)41-34(45)26-13-14-28-33-25(26)8-5-9-27(33)35(46)44(36(28)47)23-7-4-6-22(20-23)37(38,39)40/h2-15,20-21,42H,16-19H2,1H3,(H,41,45). The summed E-state index contributed by atoms with van der Waals surface area (Å²) in [4.78, 5) is 44.0. The smallest absolute Gasteiger partial charge is 0.416 e. The molecule has 0 radical (unpaired) electrons. The molecule has 0 unspecified atom stereocenters. The summed E-state index contributed by atoms with van der Waals surface area (Å²) in [6.07, 6.45) is -4.70. The first-order valence-electron chi connectivity index (χ1n) is 15.9. The third-order valence-corrected chi connectivity index (χ3v) is 10.2. The molecule has 2 aliphatic heterocycles. The number of halogens is 3. The summed E-state index contributed by atoms with van der Waals surface area (Å²) in [5.41, 5.74) is -0.233. The van der Waals surface area contributed by atoms with E-state index in [1.54, 1.807) is 36.4 Å². The predicted octanol–water partition coefficient (Wildman–Crippen LogP) is 6.56. The van der Waals surface area contributed by atoms with Crippen molar-refractivity contribution in [3.05, 3.63) is 119 Å². The molecule has 0 atom stereocenters. The van der Waals surface area contributed by atoms with Crippen molar-refractivity contribution in [1.29, 1.82) is 0 Å². The molecule has 2 aliphatic rings. The maximum atomic E-state index is 14.1. The number of rotatable bonds is 8. The fourth-order valence-electron chi connectivity index (χ4n) is 6.33. The summed E-state index contributed by atoms with van der Waals surface area (Å²) >= 11 is 0. The van der Waals surface area contributed by atoms with Crippen LogP contribution >= 0.6 is 0 Å². The van der Waals surface area contributed by atoms with E-state index in [0.29, 0.717) is 42.6 Å². The van der Waals surface area contributed by atoms with Gasteiger partial charge in [0.2, 0.25) is 0 Å². The minimum absolute atomic E-state index is 0.0173. The highest BCUT2D eigenvalue weighted by atomic mass is 32.2. The highest BCUT2D eigenvalue weighted by molar-refractivity contribution is 7.92. The van der Waals surface area contributed by atoms with Crippen LogP contribution in [0.5, 0.6) is 5.75 Å². The van der Waals surface area contributed by atoms with Crippen molar-refractivity contribution in [2.75, 3.05) is 53.3 Å². The van der Waals surface area contributed by atoms with Crippen molar-refractivity contribution < 1.29 is 45.4 Å². The Bertz CT molecular complexity index is 2360. The molecular formula is C37H29F3N4O7S. The normalized spacial score (nSPS) is 14.8. The molecule has 2 N–H and O–H groups in total. The van der Waals surface area contributed by atoms with Crippen molar-refractivity contribution in [3.8, 4) is 5.75 Å². The van der Waals surface area contributed by atoms with E-state index in [1.165, 1.54) is 49.6 Å². The SMILES string of the molecule is COc1ccccc1NS(=O)(=O)c1ccc(N2CCOCC2)c(NC(=O)c2ccc3c4c(cccc24)C(=O)N(c2cccc(C(F)(F)F)c2)C3=O)c1. The number of nitrogens with zero attached hydrogens (tertiary/aromatic N) is 2. The Balaban J connectivity index is 1.26. The van der Waals surface area contributed by atoms with Gasteiger partial charge in [-0.1, -0.05) is 30.3 Å². The number of morpholine rings is 1.